The van der Waals surface area contributed by atoms with Gasteiger partial charge in [0.2, 0.25) is 5.91 Å². The van der Waals surface area contributed by atoms with Gasteiger partial charge in [0.1, 0.15) is 41.9 Å². The number of carbonyl (C=O) groups excluding carboxylic acids is 6. The molecule has 348 valence electrons. The number of aliphatic hydroxyl groups is 1. The van der Waals surface area contributed by atoms with Gasteiger partial charge in [0.25, 0.3) is 0 Å². The molecule has 3 heterocycles. The summed E-state index contributed by atoms with van der Waals surface area (Å²) in [7, 11) is 3.37. The number of anilines is 1. The highest BCUT2D eigenvalue weighted by Gasteiger charge is 2.76. The first-order chi connectivity index (χ1) is 32.2. The van der Waals surface area contributed by atoms with E-state index >= 15 is 4.79 Å². The van der Waals surface area contributed by atoms with E-state index in [4.69, 9.17) is 23.7 Å². The van der Waals surface area contributed by atoms with Gasteiger partial charge >= 0.3 is 35.9 Å². The first-order valence-electron chi connectivity index (χ1n) is 21.4. The third kappa shape index (κ3) is 8.57. The summed E-state index contributed by atoms with van der Waals surface area (Å²) in [6, 6.07) is 22.4. The number of esters is 4. The summed E-state index contributed by atoms with van der Waals surface area (Å²) in [5.74, 6) is -3.92. The van der Waals surface area contributed by atoms with Crippen molar-refractivity contribution >= 4 is 47.5 Å². The number of amides is 3. The Kier molecular flexibility index (Phi) is 14.1. The fraction of sp³-hybridized carbons (Fsp3) is 0.340. The smallest absolute Gasteiger partial charge is 0.329 e. The number of carbonyl (C=O) groups is 7. The number of cyclic esters (lactones) is 1. The Morgan fingerprint density at radius 2 is 1.40 bits per heavy atom. The predicted octanol–water partition coefficient (Wildman–Crippen LogP) is 4.42. The minimum atomic E-state index is -2.34. The maximum absolute atomic E-state index is 16.1. The van der Waals surface area contributed by atoms with E-state index in [1.807, 2.05) is 12.1 Å². The van der Waals surface area contributed by atoms with Gasteiger partial charge in [0, 0.05) is 12.0 Å². The van der Waals surface area contributed by atoms with E-state index in [2.05, 4.69) is 17.2 Å². The summed E-state index contributed by atoms with van der Waals surface area (Å²) < 4.78 is 26.6. The zero-order chi connectivity index (χ0) is 48.2. The van der Waals surface area contributed by atoms with Gasteiger partial charge in [-0.05, 0) is 58.5 Å². The van der Waals surface area contributed by atoms with Crippen molar-refractivity contribution in [1.82, 2.24) is 10.2 Å². The van der Waals surface area contributed by atoms with Crippen LogP contribution in [0.3, 0.4) is 0 Å². The van der Waals surface area contributed by atoms with Gasteiger partial charge in [-0.15, -0.1) is 0 Å². The van der Waals surface area contributed by atoms with E-state index in [1.165, 1.54) is 18.2 Å². The van der Waals surface area contributed by atoms with Gasteiger partial charge in [-0.25, -0.2) is 14.5 Å². The first-order valence-corrected chi connectivity index (χ1v) is 21.4. The van der Waals surface area contributed by atoms with Crippen LogP contribution in [0.1, 0.15) is 66.3 Å². The van der Waals surface area contributed by atoms with Gasteiger partial charge in [0.05, 0.1) is 45.7 Å². The number of imide groups is 1. The highest BCUT2D eigenvalue weighted by Crippen LogP contribution is 2.66. The zero-order valence-corrected chi connectivity index (χ0v) is 37.2. The number of aliphatic carboxylic acids is 1. The molecular weight excluding hydrogens is 867 g/mol. The minimum Gasteiger partial charge on any atom is -0.491 e. The van der Waals surface area contributed by atoms with Crippen molar-refractivity contribution in [3.8, 4) is 17.6 Å². The molecule has 4 aromatic carbocycles. The molecule has 3 amide bonds. The van der Waals surface area contributed by atoms with Gasteiger partial charge < -0.3 is 39.2 Å². The lowest BCUT2D eigenvalue weighted by Crippen LogP contribution is -2.56. The Morgan fingerprint density at radius 3 is 1.97 bits per heavy atom. The van der Waals surface area contributed by atoms with Crippen LogP contribution in [0.4, 0.5) is 10.5 Å². The van der Waals surface area contributed by atoms with Crippen LogP contribution in [0.25, 0.3) is 0 Å². The number of methoxy groups -OCH3 is 3. The third-order valence-corrected chi connectivity index (χ3v) is 12.4. The Morgan fingerprint density at radius 1 is 0.791 bits per heavy atom. The summed E-state index contributed by atoms with van der Waals surface area (Å²) in [5.41, 5.74) is -0.679. The summed E-state index contributed by atoms with van der Waals surface area (Å²) >= 11 is 0. The van der Waals surface area contributed by atoms with Crippen molar-refractivity contribution in [2.24, 2.45) is 17.8 Å². The lowest BCUT2D eigenvalue weighted by molar-refractivity contribution is -0.179. The number of fused-ring (bicyclic) bond motifs is 3. The molecule has 2 saturated heterocycles. The summed E-state index contributed by atoms with van der Waals surface area (Å²) in [6.07, 6.45) is -1.38. The predicted molar refractivity (Wildman–Crippen MR) is 237 cm³/mol. The molecule has 0 aliphatic carbocycles. The number of urea groups is 1. The van der Waals surface area contributed by atoms with Crippen LogP contribution in [0.15, 0.2) is 103 Å². The number of ether oxygens (including phenoxy) is 5. The normalized spacial score (nSPS) is 22.2. The van der Waals surface area contributed by atoms with E-state index in [0.29, 0.717) is 22.4 Å². The molecule has 0 saturated carbocycles. The van der Waals surface area contributed by atoms with Gasteiger partial charge in [-0.3, -0.25) is 28.9 Å². The molecule has 0 bridgehead atoms. The van der Waals surface area contributed by atoms with E-state index in [9.17, 15) is 39.0 Å². The van der Waals surface area contributed by atoms with Crippen LogP contribution in [0.2, 0.25) is 0 Å². The zero-order valence-electron chi connectivity index (χ0n) is 37.2. The molecule has 0 radical (unpaired) electrons. The van der Waals surface area contributed by atoms with Crippen LogP contribution >= 0.6 is 0 Å². The van der Waals surface area contributed by atoms with Crippen molar-refractivity contribution in [2.75, 3.05) is 39.4 Å². The number of rotatable bonds is 13. The van der Waals surface area contributed by atoms with Gasteiger partial charge in [-0.1, -0.05) is 98.5 Å². The molecule has 3 aliphatic heterocycles. The summed E-state index contributed by atoms with van der Waals surface area (Å²) in [5, 5.41) is 23.8. The second kappa shape index (κ2) is 19.9. The molecule has 0 unspecified atom stereocenters. The SMILES string of the molecule is COC(=O)C(CC#Cc1ccc2c(c1)[C@]1(C(=O)N2C(=O)N[C@H](C(=O)OC)C(C)C)[C@H](C(=O)O)[C@H]2C(=O)O[C@H](c3ccccc3)[C@H](c3ccccc3)N2[C@@H]1c1ccc(OCCO)cc1)C(=O)OC. The number of aliphatic hydroxyl groups excluding tert-OH is 1. The quantitative estimate of drug-likeness (QED) is 0.0731. The Balaban J connectivity index is 1.53. The number of nitrogens with one attached hydrogen (secondary N) is 1. The average molecular weight is 916 g/mol. The number of nitrogens with zero attached hydrogens (tertiary/aromatic N) is 2. The molecule has 2 fully saturated rings. The molecule has 1 spiro atoms. The van der Waals surface area contributed by atoms with Crippen LogP contribution in [-0.4, -0.2) is 104 Å². The second-order valence-electron chi connectivity index (χ2n) is 16.4. The maximum Gasteiger partial charge on any atom is 0.329 e. The van der Waals surface area contributed by atoms with Crippen LogP contribution < -0.4 is 15.0 Å². The van der Waals surface area contributed by atoms with Crippen molar-refractivity contribution in [3.05, 3.63) is 131 Å². The number of carboxylic acid groups (broad SMARTS) is 1. The maximum atomic E-state index is 16.1. The molecule has 7 rings (SSSR count). The Labute approximate surface area is 385 Å². The van der Waals surface area contributed by atoms with Crippen LogP contribution in [0, 0.1) is 29.6 Å². The molecule has 0 aromatic heterocycles. The number of benzene rings is 4. The van der Waals surface area contributed by atoms with Crippen molar-refractivity contribution in [2.45, 2.75) is 56.0 Å². The molecule has 3 aliphatic rings. The van der Waals surface area contributed by atoms with Crippen LogP contribution in [-0.2, 0) is 53.1 Å². The van der Waals surface area contributed by atoms with E-state index in [0.717, 1.165) is 26.2 Å². The second-order valence-corrected chi connectivity index (χ2v) is 16.4. The largest absolute Gasteiger partial charge is 0.491 e. The summed E-state index contributed by atoms with van der Waals surface area (Å²) in [4.78, 5) is 101. The van der Waals surface area contributed by atoms with E-state index in [1.54, 1.807) is 91.5 Å². The first kappa shape index (κ1) is 47.4. The van der Waals surface area contributed by atoms with E-state index in [-0.39, 0.29) is 36.4 Å². The van der Waals surface area contributed by atoms with Crippen molar-refractivity contribution in [3.63, 3.8) is 0 Å². The standard InChI is InChI=1S/C50H49N3O14/c1-28(2)38(46(59)65-5)51-49(62)52-36-24-19-29(13-12-18-34(44(57)63-3)45(58)64-4)27-35(36)50(48(52)61)37(43(55)56)40-47(60)67-41(31-16-10-7-11-17-31)39(30-14-8-6-9-15-30)53(40)42(50)32-20-22-33(23-21-32)66-26-25-54/h6-11,14-17,19-24,27-28,34,37-42,54H,18,25-26H2,1-5H3,(H,51,62)(H,55,56)/t37-,38-,39-,40-,41+,42+,50-/m0/s1. The number of hydrogen-bond donors (Lipinski definition) is 3. The summed E-state index contributed by atoms with van der Waals surface area (Å²) in [6.45, 7) is 3.01. The van der Waals surface area contributed by atoms with Gasteiger partial charge in [0.15, 0.2) is 5.92 Å². The highest BCUT2D eigenvalue weighted by molar-refractivity contribution is 6.24. The molecule has 7 atom stereocenters. The molecule has 3 N–H and O–H groups in total. The fourth-order valence-electron chi connectivity index (χ4n) is 9.50. The Hall–Kier alpha value is -7.55. The molecular formula is C50H49N3O14. The third-order valence-electron chi connectivity index (χ3n) is 12.4. The monoisotopic (exact) mass is 915 g/mol. The van der Waals surface area contributed by atoms with Gasteiger partial charge in [-0.2, -0.15) is 0 Å². The molecule has 67 heavy (non-hydrogen) atoms. The van der Waals surface area contributed by atoms with E-state index < -0.39 is 95.2 Å². The molecule has 17 nitrogen and oxygen atoms in total. The fourth-order valence-corrected chi connectivity index (χ4v) is 9.50. The van der Waals surface area contributed by atoms with Crippen LogP contribution in [0.5, 0.6) is 5.75 Å². The topological polar surface area (TPSA) is 225 Å². The number of morpholine rings is 1. The Bertz CT molecular complexity index is 2590. The number of hydrogen-bond acceptors (Lipinski definition) is 14. The lowest BCUT2D eigenvalue weighted by Gasteiger charge is -2.46. The minimum absolute atomic E-state index is 0.000573. The highest BCUT2D eigenvalue weighted by atomic mass is 16.6. The van der Waals surface area contributed by atoms with Crippen molar-refractivity contribution in [1.29, 1.82) is 0 Å². The number of carboxylic acids is 1. The average Bonchev–Trinajstić information content (AvgIpc) is 3.80. The van der Waals surface area contributed by atoms with Crippen molar-refractivity contribution < 1.29 is 67.5 Å². The lowest BCUT2D eigenvalue weighted by atomic mass is 9.65. The molecule has 4 aromatic rings. The molecule has 17 heteroatoms.